The number of hydrogen-bond donors (Lipinski definition) is 1. The van der Waals surface area contributed by atoms with Gasteiger partial charge in [-0.25, -0.2) is 4.99 Å². The molecule has 2 atom stereocenters. The average Bonchev–Trinajstić information content (AvgIpc) is 3.39. The van der Waals surface area contributed by atoms with Gasteiger partial charge in [-0.15, -0.1) is 29.1 Å². The minimum Gasteiger partial charge on any atom is -0.369 e. The maximum absolute atomic E-state index is 13.1. The average molecular weight is 406 g/mol. The van der Waals surface area contributed by atoms with Gasteiger partial charge in [-0.2, -0.15) is 0 Å². The molecule has 0 saturated heterocycles. The van der Waals surface area contributed by atoms with E-state index in [1.807, 2.05) is 48.7 Å². The summed E-state index contributed by atoms with van der Waals surface area (Å²) in [6.45, 7) is 1.99. The Labute approximate surface area is 172 Å². The predicted octanol–water partition coefficient (Wildman–Crippen LogP) is 4.24. The number of guanidine groups is 1. The molecule has 0 unspecified atom stereocenters. The van der Waals surface area contributed by atoms with E-state index in [1.54, 1.807) is 29.7 Å². The second-order valence-electron chi connectivity index (χ2n) is 6.89. The Morgan fingerprint density at radius 1 is 1.21 bits per heavy atom. The van der Waals surface area contributed by atoms with Crippen molar-refractivity contribution in [3.8, 4) is 23.5 Å². The van der Waals surface area contributed by atoms with Gasteiger partial charge in [-0.1, -0.05) is 24.1 Å². The molecule has 0 bridgehead atoms. The zero-order valence-corrected chi connectivity index (χ0v) is 17.2. The fraction of sp³-hybridized carbons (Fsp3) is 0.182. The highest BCUT2D eigenvalue weighted by molar-refractivity contribution is 7.11. The van der Waals surface area contributed by atoms with E-state index in [0.717, 1.165) is 26.4 Å². The van der Waals surface area contributed by atoms with Gasteiger partial charge in [0.15, 0.2) is 5.96 Å². The van der Waals surface area contributed by atoms with Crippen LogP contribution in [-0.4, -0.2) is 23.8 Å². The van der Waals surface area contributed by atoms with Crippen LogP contribution in [0.3, 0.4) is 0 Å². The largest absolute Gasteiger partial charge is 0.369 e. The predicted molar refractivity (Wildman–Crippen MR) is 116 cm³/mol. The molecule has 0 aliphatic carbocycles. The van der Waals surface area contributed by atoms with Crippen molar-refractivity contribution in [2.45, 2.75) is 18.4 Å². The molecule has 4 rings (SSSR count). The van der Waals surface area contributed by atoms with Crippen LogP contribution in [0.2, 0.25) is 0 Å². The highest BCUT2D eigenvalue weighted by Gasteiger charge is 2.48. The van der Waals surface area contributed by atoms with Gasteiger partial charge in [-0.3, -0.25) is 9.69 Å². The van der Waals surface area contributed by atoms with E-state index < -0.39 is 11.5 Å². The van der Waals surface area contributed by atoms with Crippen molar-refractivity contribution in [3.05, 3.63) is 68.5 Å². The van der Waals surface area contributed by atoms with E-state index in [0.29, 0.717) is 0 Å². The number of carbonyl (C=O) groups is 1. The minimum atomic E-state index is -0.759. The van der Waals surface area contributed by atoms with Gasteiger partial charge < -0.3 is 5.73 Å². The summed E-state index contributed by atoms with van der Waals surface area (Å²) in [6, 6.07) is 13.9. The number of likely N-dealkylation sites (N-methyl/N-ethyl adjacent to an activating group) is 1. The van der Waals surface area contributed by atoms with Crippen molar-refractivity contribution in [2.75, 3.05) is 7.05 Å². The monoisotopic (exact) mass is 405 g/mol. The third kappa shape index (κ3) is 2.93. The summed E-state index contributed by atoms with van der Waals surface area (Å²) in [5, 5.41) is 4.06. The molecule has 28 heavy (non-hydrogen) atoms. The van der Waals surface area contributed by atoms with E-state index in [-0.39, 0.29) is 11.9 Å². The number of thiophene rings is 2. The van der Waals surface area contributed by atoms with Crippen LogP contribution < -0.4 is 5.73 Å². The molecule has 3 heterocycles. The van der Waals surface area contributed by atoms with E-state index >= 15 is 0 Å². The minimum absolute atomic E-state index is 0.0401. The third-order valence-corrected chi connectivity index (χ3v) is 7.21. The molecule has 0 fully saturated rings. The van der Waals surface area contributed by atoms with E-state index in [1.165, 1.54) is 4.90 Å². The van der Waals surface area contributed by atoms with Crippen molar-refractivity contribution in [1.82, 2.24) is 4.90 Å². The van der Waals surface area contributed by atoms with Crippen LogP contribution in [0.5, 0.6) is 0 Å². The standard InChI is InChI=1S/C22H19N3OS2/c1-4-14-7-5-8-15(11-14)16-12-18(28-13-16)22(2)19(17-9-6-10-27-17)20(26)25(3)21(23)24-22/h1,5-13,19H,2-3H3,(H2,23,24)/t19-,22-/m1/s1. The molecule has 140 valence electrons. The maximum Gasteiger partial charge on any atom is 0.240 e. The molecule has 2 aromatic heterocycles. The first-order valence-electron chi connectivity index (χ1n) is 8.76. The van der Waals surface area contributed by atoms with Crippen LogP contribution in [-0.2, 0) is 10.3 Å². The number of hydrogen-bond acceptors (Lipinski definition) is 5. The molecule has 0 spiro atoms. The van der Waals surface area contributed by atoms with Gasteiger partial charge in [0, 0.05) is 22.4 Å². The molecule has 1 aliphatic rings. The van der Waals surface area contributed by atoms with Crippen LogP contribution in [0.4, 0.5) is 0 Å². The van der Waals surface area contributed by atoms with E-state index in [9.17, 15) is 4.79 Å². The lowest BCUT2D eigenvalue weighted by atomic mass is 9.81. The number of benzene rings is 1. The van der Waals surface area contributed by atoms with Gasteiger partial charge in [-0.05, 0) is 53.1 Å². The normalized spacial score (nSPS) is 22.0. The van der Waals surface area contributed by atoms with Gasteiger partial charge in [0.25, 0.3) is 0 Å². The zero-order chi connectivity index (χ0) is 19.9. The summed E-state index contributed by atoms with van der Waals surface area (Å²) in [5.74, 6) is 2.46. The summed E-state index contributed by atoms with van der Waals surface area (Å²) in [6.07, 6.45) is 5.54. The highest BCUT2D eigenvalue weighted by Crippen LogP contribution is 2.47. The van der Waals surface area contributed by atoms with Gasteiger partial charge in [0.05, 0.1) is 0 Å². The number of carbonyl (C=O) groups excluding carboxylic acids is 1. The molecular formula is C22H19N3OS2. The van der Waals surface area contributed by atoms with Crippen molar-refractivity contribution >= 4 is 34.5 Å². The highest BCUT2D eigenvalue weighted by atomic mass is 32.1. The molecule has 3 aromatic rings. The quantitative estimate of drug-likeness (QED) is 0.663. The Hall–Kier alpha value is -2.88. The number of terminal acetylenes is 1. The number of nitrogens with zero attached hydrogens (tertiary/aromatic N) is 2. The number of nitrogens with two attached hydrogens (primary N) is 1. The Kier molecular flexibility index (Phi) is 4.58. The Morgan fingerprint density at radius 3 is 2.75 bits per heavy atom. The van der Waals surface area contributed by atoms with E-state index in [4.69, 9.17) is 17.1 Å². The summed E-state index contributed by atoms with van der Waals surface area (Å²) < 4.78 is 0. The van der Waals surface area contributed by atoms with Crippen molar-refractivity contribution in [2.24, 2.45) is 10.7 Å². The second kappa shape index (κ2) is 6.93. The van der Waals surface area contributed by atoms with Crippen LogP contribution >= 0.6 is 22.7 Å². The fourth-order valence-electron chi connectivity index (χ4n) is 3.52. The molecule has 1 amide bonds. The number of aliphatic imine (C=N–C) groups is 1. The SMILES string of the molecule is C#Cc1cccc(-c2csc([C@@]3(C)N=C(N)N(C)C(=O)[C@H]3c3cccs3)c2)c1. The summed E-state index contributed by atoms with van der Waals surface area (Å²) >= 11 is 3.16. The van der Waals surface area contributed by atoms with Gasteiger partial charge >= 0.3 is 0 Å². The first-order chi connectivity index (χ1) is 13.4. The van der Waals surface area contributed by atoms with Crippen LogP contribution in [0.1, 0.15) is 28.2 Å². The molecule has 6 heteroatoms. The third-order valence-electron chi connectivity index (χ3n) is 5.12. The molecule has 2 N–H and O–H groups in total. The maximum atomic E-state index is 13.1. The fourth-order valence-corrected chi connectivity index (χ4v) is 5.51. The lowest BCUT2D eigenvalue weighted by molar-refractivity contribution is -0.130. The Morgan fingerprint density at radius 2 is 2.04 bits per heavy atom. The molecule has 1 aromatic carbocycles. The molecule has 0 radical (unpaired) electrons. The summed E-state index contributed by atoms with van der Waals surface area (Å²) in [5.41, 5.74) is 8.28. The van der Waals surface area contributed by atoms with Crippen LogP contribution in [0.25, 0.3) is 11.1 Å². The van der Waals surface area contributed by atoms with Gasteiger partial charge in [0.2, 0.25) is 5.91 Å². The molecule has 4 nitrogen and oxygen atoms in total. The molecule has 1 aliphatic heterocycles. The first-order valence-corrected chi connectivity index (χ1v) is 10.5. The second-order valence-corrected chi connectivity index (χ2v) is 8.78. The topological polar surface area (TPSA) is 58.7 Å². The number of rotatable bonds is 3. The van der Waals surface area contributed by atoms with Crippen molar-refractivity contribution in [1.29, 1.82) is 0 Å². The Balaban J connectivity index is 1.83. The summed E-state index contributed by atoms with van der Waals surface area (Å²) in [4.78, 5) is 21.3. The van der Waals surface area contributed by atoms with E-state index in [2.05, 4.69) is 17.4 Å². The van der Waals surface area contributed by atoms with Crippen molar-refractivity contribution < 1.29 is 4.79 Å². The Bertz CT molecular complexity index is 1110. The van der Waals surface area contributed by atoms with Crippen LogP contribution in [0, 0.1) is 12.3 Å². The van der Waals surface area contributed by atoms with Crippen LogP contribution in [0.15, 0.2) is 58.2 Å². The van der Waals surface area contributed by atoms with Gasteiger partial charge in [0.1, 0.15) is 11.5 Å². The molecule has 0 saturated carbocycles. The lowest BCUT2D eigenvalue weighted by Gasteiger charge is -2.39. The summed E-state index contributed by atoms with van der Waals surface area (Å²) in [7, 11) is 1.67. The van der Waals surface area contributed by atoms with Crippen molar-refractivity contribution in [3.63, 3.8) is 0 Å². The zero-order valence-electron chi connectivity index (χ0n) is 15.5. The molecular weight excluding hydrogens is 386 g/mol. The smallest absolute Gasteiger partial charge is 0.240 e. The first kappa shape index (κ1) is 18.5. The lowest BCUT2D eigenvalue weighted by Crippen LogP contribution is -2.52. The number of amides is 1.